The molecule has 0 aliphatic rings. The Labute approximate surface area is 582 Å². The highest BCUT2D eigenvalue weighted by molar-refractivity contribution is 7.86. The average molecular weight is 1440 g/mol. The van der Waals surface area contributed by atoms with Gasteiger partial charge >= 0.3 is 23.6 Å². The fraction of sp³-hybridized carbons (Fsp3) is 0.0781. The number of carbonyl (C=O) groups is 3. The molecule has 37 nitrogen and oxygen atoms in total. The Bertz CT molecular complexity index is 5550. The van der Waals surface area contributed by atoms with Crippen LogP contribution in [0.2, 0.25) is 0 Å². The molecular weight excluding hydrogens is 1380 g/mol. The van der Waals surface area contributed by atoms with Crippen LogP contribution in [-0.4, -0.2) is 143 Å². The molecule has 8 aromatic heterocycles. The predicted molar refractivity (Wildman–Crippen MR) is 377 cm³/mol. The Balaban J connectivity index is 0.000000151. The van der Waals surface area contributed by atoms with E-state index in [4.69, 9.17) is 59.5 Å². The first-order valence-corrected chi connectivity index (χ1v) is 32.5. The van der Waals surface area contributed by atoms with Gasteiger partial charge in [0.1, 0.15) is 46.2 Å². The van der Waals surface area contributed by atoms with Gasteiger partial charge in [0.15, 0.2) is 11.6 Å². The van der Waals surface area contributed by atoms with Gasteiger partial charge in [0.25, 0.3) is 26.2 Å². The van der Waals surface area contributed by atoms with Crippen molar-refractivity contribution in [3.05, 3.63) is 219 Å². The largest absolute Gasteiger partial charge is 0.508 e. The highest BCUT2D eigenvalue weighted by atomic mass is 32.2. The van der Waals surface area contributed by atoms with Gasteiger partial charge in [-0.25, -0.2) is 38.2 Å². The van der Waals surface area contributed by atoms with Crippen LogP contribution < -0.4 is 45.8 Å². The molecule has 0 fully saturated rings. The average Bonchev–Trinajstić information content (AvgIpc) is 1.76. The molecular formula is C64H63N23O14S2. The van der Waals surface area contributed by atoms with Crippen LogP contribution in [0.1, 0.15) is 59.4 Å². The summed E-state index contributed by atoms with van der Waals surface area (Å²) in [5.74, 6) is -0.490. The summed E-state index contributed by atoms with van der Waals surface area (Å²) in [6.45, 7) is 8.80. The summed E-state index contributed by atoms with van der Waals surface area (Å²) < 4.78 is 70.1. The summed E-state index contributed by atoms with van der Waals surface area (Å²) in [5, 5.41) is 62.2. The van der Waals surface area contributed by atoms with E-state index in [2.05, 4.69) is 50.5 Å². The molecule has 39 heteroatoms. The number of aromatic amines is 1. The molecule has 5 aromatic carbocycles. The predicted octanol–water partition coefficient (Wildman–Crippen LogP) is 5.67. The van der Waals surface area contributed by atoms with E-state index >= 15 is 0 Å². The number of hydrogen-bond acceptors (Lipinski definition) is 25. The molecule has 21 N–H and O–H groups in total. The van der Waals surface area contributed by atoms with Crippen molar-refractivity contribution in [2.24, 2.45) is 0 Å². The number of aromatic carboxylic acids is 3. The smallest absolute Gasteiger partial charge is 0.351 e. The summed E-state index contributed by atoms with van der Waals surface area (Å²) in [6, 6.07) is 42.0. The van der Waals surface area contributed by atoms with Crippen molar-refractivity contribution in [3.8, 4) is 62.9 Å². The van der Waals surface area contributed by atoms with Crippen molar-refractivity contribution in [1.82, 2.24) is 78.6 Å². The van der Waals surface area contributed by atoms with Crippen LogP contribution in [0.3, 0.4) is 0 Å². The van der Waals surface area contributed by atoms with E-state index in [9.17, 15) is 46.2 Å². The minimum atomic E-state index is -4.22. The number of rotatable bonds is 13. The number of phenols is 1. The van der Waals surface area contributed by atoms with Gasteiger partial charge in [-0.3, -0.25) is 14.1 Å². The maximum absolute atomic E-state index is 11.7. The molecule has 0 spiro atoms. The lowest BCUT2D eigenvalue weighted by Crippen LogP contribution is -2.19. The van der Waals surface area contributed by atoms with Gasteiger partial charge in [-0.05, 0) is 137 Å². The van der Waals surface area contributed by atoms with Crippen LogP contribution in [0.5, 0.6) is 5.75 Å². The molecule has 13 aromatic rings. The van der Waals surface area contributed by atoms with Crippen LogP contribution in [0, 0.1) is 34.6 Å². The van der Waals surface area contributed by atoms with E-state index in [0.717, 1.165) is 22.6 Å². The van der Waals surface area contributed by atoms with Crippen LogP contribution >= 0.6 is 0 Å². The van der Waals surface area contributed by atoms with Crippen molar-refractivity contribution in [2.45, 2.75) is 44.4 Å². The molecule has 0 saturated heterocycles. The third-order valence-corrected chi connectivity index (χ3v) is 15.9. The number of pyridine rings is 1. The minimum absolute atomic E-state index is 0.0150. The van der Waals surface area contributed by atoms with E-state index in [1.54, 1.807) is 126 Å². The second kappa shape index (κ2) is 30.0. The fourth-order valence-electron chi connectivity index (χ4n) is 9.67. The maximum atomic E-state index is 11.7. The lowest BCUT2D eigenvalue weighted by Gasteiger charge is -2.13. The van der Waals surface area contributed by atoms with E-state index in [-0.39, 0.29) is 55.8 Å². The topological polar surface area (TPSA) is 601 Å². The minimum Gasteiger partial charge on any atom is -0.508 e. The third-order valence-electron chi connectivity index (χ3n) is 14.2. The lowest BCUT2D eigenvalue weighted by molar-refractivity contribution is 0.0685. The van der Waals surface area contributed by atoms with Gasteiger partial charge in [-0.1, -0.05) is 30.3 Å². The van der Waals surface area contributed by atoms with Gasteiger partial charge < -0.3 is 60.6 Å². The number of phenolic OH excluding ortho intramolecular Hbond substituents is 1. The quantitative estimate of drug-likeness (QED) is 0.0619. The zero-order valence-corrected chi connectivity index (χ0v) is 56.2. The van der Waals surface area contributed by atoms with E-state index in [1.165, 1.54) is 101 Å². The summed E-state index contributed by atoms with van der Waals surface area (Å²) >= 11 is 0. The first-order chi connectivity index (χ1) is 48.5. The number of H-pyrrole nitrogens is 1. The van der Waals surface area contributed by atoms with E-state index < -0.39 is 43.8 Å². The molecule has 0 radical (unpaired) electrons. The van der Waals surface area contributed by atoms with Crippen molar-refractivity contribution < 1.29 is 60.8 Å². The number of aromatic hydroxyl groups is 1. The van der Waals surface area contributed by atoms with Gasteiger partial charge in [-0.15, -0.1) is 0 Å². The molecule has 0 aliphatic carbocycles. The Morgan fingerprint density at radius 2 is 0.816 bits per heavy atom. The number of nitrogens with one attached hydrogen (secondary N) is 1. The number of nitrogens with two attached hydrogens (primary N) is 7. The van der Waals surface area contributed by atoms with Crippen LogP contribution in [0.15, 0.2) is 178 Å². The first kappa shape index (κ1) is 73.2. The number of nitrogens with zero attached hydrogens (tertiary/aromatic N) is 15. The van der Waals surface area contributed by atoms with Gasteiger partial charge in [0, 0.05) is 47.5 Å². The van der Waals surface area contributed by atoms with Crippen LogP contribution in [-0.2, 0) is 20.2 Å². The molecule has 530 valence electrons. The number of aromatic nitrogens is 16. The standard InChI is InChI=1S/C17H13N3O4.C15H17N7O2.C12H11N7O2.2C10H11N3O3S/c18-15-9-14(10-4-6-11(7-5-10)16(21)22)19-20(15)13-3-1-2-12(8-13)17(23)24;1-7-4-12(21-10(16)5-8(2)19-21)18-14(13(7)15(23)24)22-11(17)6-9(3)20-22;13-9-5-8(6-1-3-7(20)4-2-6)18-19(9)11-15-10(14)16-12(21)17-11;2*1-7-5-10(11)13(12-7)8-3-2-4-9(6-8)17(14,15)16/h1-9H,18H2,(H,21,22)(H,23,24);4-6H,16-17H2,1-3H3,(H,23,24);1-5,20H,13H2,(H3,14,15,16,17,21);2*2-6H,11H2,1H3,(H,14,15,16). The highest BCUT2D eigenvalue weighted by Crippen LogP contribution is 2.28. The molecule has 0 atom stereocenters. The van der Waals surface area contributed by atoms with E-state index in [0.29, 0.717) is 80.2 Å². The normalized spacial score (nSPS) is 11.0. The molecule has 0 saturated carbocycles. The van der Waals surface area contributed by atoms with Crippen molar-refractivity contribution in [3.63, 3.8) is 0 Å². The zero-order chi connectivity index (χ0) is 75.1. The highest BCUT2D eigenvalue weighted by Gasteiger charge is 2.23. The Morgan fingerprint density at radius 1 is 0.417 bits per heavy atom. The maximum Gasteiger partial charge on any atom is 0.351 e. The van der Waals surface area contributed by atoms with Crippen molar-refractivity contribution in [1.29, 1.82) is 0 Å². The fourth-order valence-corrected chi connectivity index (χ4v) is 10.7. The van der Waals surface area contributed by atoms with Gasteiger partial charge in [-0.2, -0.15) is 71.4 Å². The number of hydrogen-bond donors (Lipinski definition) is 14. The Kier molecular flexibility index (Phi) is 21.3. The number of benzene rings is 5. The third kappa shape index (κ3) is 17.6. The number of anilines is 7. The number of aryl methyl sites for hydroxylation is 5. The van der Waals surface area contributed by atoms with Crippen molar-refractivity contribution in [2.75, 3.05) is 40.1 Å². The summed E-state index contributed by atoms with van der Waals surface area (Å²) in [7, 11) is -8.44. The molecule has 0 amide bonds. The number of carboxylic acid groups (broad SMARTS) is 3. The van der Waals surface area contributed by atoms with E-state index in [1.807, 2.05) is 0 Å². The molecule has 0 aliphatic heterocycles. The molecule has 103 heavy (non-hydrogen) atoms. The Hall–Kier alpha value is -14.1. The van der Waals surface area contributed by atoms with Crippen LogP contribution in [0.25, 0.3) is 57.2 Å². The summed E-state index contributed by atoms with van der Waals surface area (Å²) in [6.07, 6.45) is 0. The molecule has 0 bridgehead atoms. The van der Waals surface area contributed by atoms with Gasteiger partial charge in [0.05, 0.1) is 72.1 Å². The monoisotopic (exact) mass is 1440 g/mol. The molecule has 0 unspecified atom stereocenters. The number of nitrogen functional groups attached to an aromatic ring is 7. The lowest BCUT2D eigenvalue weighted by atomic mass is 10.1. The number of carboxylic acids is 3. The second-order valence-electron chi connectivity index (χ2n) is 22.1. The zero-order valence-electron chi connectivity index (χ0n) is 54.6. The van der Waals surface area contributed by atoms with Crippen LogP contribution in [0.4, 0.5) is 40.9 Å². The molecule has 13 rings (SSSR count). The first-order valence-electron chi connectivity index (χ1n) is 29.6. The molecule has 8 heterocycles. The Morgan fingerprint density at radius 3 is 1.24 bits per heavy atom. The second-order valence-corrected chi connectivity index (χ2v) is 24.9. The SMILES string of the molecule is Cc1cc(N)n(-c2cc(C)c(C(=O)O)c(-n3nc(C)cc3N)n2)n1.Cc1cc(N)n(-c2cccc(S(=O)(=O)O)c2)n1.Cc1cc(N)n(-c2cccc(S(=O)(=O)O)c2)n1.Nc1cc(-c2ccc(C(=O)O)cc2)nn1-c1cccc(C(=O)O)c1.Nc1nc(-n2nc(-c3ccc(O)cc3)cc2N)nc(=O)[nH]1. The van der Waals surface area contributed by atoms with Gasteiger partial charge in [0.2, 0.25) is 5.95 Å². The van der Waals surface area contributed by atoms with Crippen molar-refractivity contribution >= 4 is 79.0 Å². The summed E-state index contributed by atoms with van der Waals surface area (Å²) in [5.41, 5.74) is 47.7. The summed E-state index contributed by atoms with van der Waals surface area (Å²) in [4.78, 5) is 58.8.